The van der Waals surface area contributed by atoms with Crippen molar-refractivity contribution in [2.45, 2.75) is 13.0 Å². The van der Waals surface area contributed by atoms with Gasteiger partial charge in [0.1, 0.15) is 0 Å². The SMILES string of the molecule is C=S1CCc2ccccc2CN1C. The number of hydrogen-bond acceptors (Lipinski definition) is 1. The molecule has 0 bridgehead atoms. The lowest BCUT2D eigenvalue weighted by molar-refractivity contribution is 0.566. The molecule has 1 aliphatic rings. The molecule has 0 spiro atoms. The van der Waals surface area contributed by atoms with Gasteiger partial charge in [0.15, 0.2) is 0 Å². The third-order valence-electron chi connectivity index (χ3n) is 2.56. The molecule has 0 aliphatic carbocycles. The van der Waals surface area contributed by atoms with Crippen molar-refractivity contribution in [2.24, 2.45) is 0 Å². The van der Waals surface area contributed by atoms with Crippen molar-refractivity contribution in [3.05, 3.63) is 35.4 Å². The van der Waals surface area contributed by atoms with Crippen molar-refractivity contribution in [3.8, 4) is 0 Å². The van der Waals surface area contributed by atoms with Crippen LogP contribution in [-0.4, -0.2) is 23.0 Å². The fraction of sp³-hybridized carbons (Fsp3) is 0.364. The molecule has 0 saturated heterocycles. The fourth-order valence-corrected chi connectivity index (χ4v) is 2.76. The van der Waals surface area contributed by atoms with Crippen molar-refractivity contribution < 1.29 is 0 Å². The number of aryl methyl sites for hydroxylation is 1. The lowest BCUT2D eigenvalue weighted by atomic mass is 10.1. The number of nitrogens with zero attached hydrogens (tertiary/aromatic N) is 1. The van der Waals surface area contributed by atoms with Crippen LogP contribution in [0.25, 0.3) is 0 Å². The second kappa shape index (κ2) is 3.64. The molecule has 1 nitrogen and oxygen atoms in total. The highest BCUT2D eigenvalue weighted by atomic mass is 32.2. The van der Waals surface area contributed by atoms with E-state index in [0.29, 0.717) is 0 Å². The predicted molar refractivity (Wildman–Crippen MR) is 61.2 cm³/mol. The smallest absolute Gasteiger partial charge is 0.0335 e. The Morgan fingerprint density at radius 2 is 2.00 bits per heavy atom. The molecular formula is C11H15NS. The van der Waals surface area contributed by atoms with Gasteiger partial charge in [-0.1, -0.05) is 30.1 Å². The molecule has 1 heterocycles. The molecule has 2 heteroatoms. The van der Waals surface area contributed by atoms with Gasteiger partial charge < -0.3 is 0 Å². The first-order chi connectivity index (χ1) is 6.27. The molecule has 2 rings (SSSR count). The average molecular weight is 193 g/mol. The normalized spacial score (nSPS) is 23.6. The zero-order chi connectivity index (χ0) is 9.26. The van der Waals surface area contributed by atoms with E-state index in [0.717, 1.165) is 6.54 Å². The number of fused-ring (bicyclic) bond motifs is 1. The second-order valence-electron chi connectivity index (χ2n) is 3.47. The van der Waals surface area contributed by atoms with Gasteiger partial charge in [0.2, 0.25) is 0 Å². The Bertz CT molecular complexity index is 333. The molecule has 0 aromatic heterocycles. The summed E-state index contributed by atoms with van der Waals surface area (Å²) in [6.07, 6.45) is 1.19. The van der Waals surface area contributed by atoms with Gasteiger partial charge in [-0.3, -0.25) is 4.31 Å². The Kier molecular flexibility index (Phi) is 2.51. The van der Waals surface area contributed by atoms with Crippen molar-refractivity contribution in [2.75, 3.05) is 12.8 Å². The van der Waals surface area contributed by atoms with Crippen molar-refractivity contribution in [1.82, 2.24) is 4.31 Å². The third kappa shape index (κ3) is 1.84. The molecule has 1 aliphatic heterocycles. The summed E-state index contributed by atoms with van der Waals surface area (Å²) >= 11 is 0. The van der Waals surface area contributed by atoms with E-state index in [1.807, 2.05) is 0 Å². The molecule has 0 fully saturated rings. The molecule has 0 amide bonds. The van der Waals surface area contributed by atoms with Gasteiger partial charge >= 0.3 is 0 Å². The molecule has 0 N–H and O–H groups in total. The minimum Gasteiger partial charge on any atom is -0.255 e. The summed E-state index contributed by atoms with van der Waals surface area (Å²) in [7, 11) is 2.37. The maximum absolute atomic E-state index is 4.18. The van der Waals surface area contributed by atoms with Gasteiger partial charge in [0.05, 0.1) is 0 Å². The first-order valence-electron chi connectivity index (χ1n) is 4.56. The van der Waals surface area contributed by atoms with E-state index in [1.54, 1.807) is 0 Å². The highest BCUT2D eigenvalue weighted by Gasteiger charge is 2.11. The van der Waals surface area contributed by atoms with Gasteiger partial charge in [-0.2, -0.15) is 0 Å². The summed E-state index contributed by atoms with van der Waals surface area (Å²) in [5.74, 6) is 5.38. The zero-order valence-corrected chi connectivity index (χ0v) is 8.81. The molecule has 13 heavy (non-hydrogen) atoms. The average Bonchev–Trinajstić information content (AvgIpc) is 2.28. The van der Waals surface area contributed by atoms with Crippen LogP contribution in [0.1, 0.15) is 11.1 Å². The summed E-state index contributed by atoms with van der Waals surface area (Å²) in [6.45, 7) is 1.06. The van der Waals surface area contributed by atoms with Crippen LogP contribution in [0, 0.1) is 0 Å². The van der Waals surface area contributed by atoms with Gasteiger partial charge in [-0.15, -0.1) is 10.7 Å². The Labute approximate surface area is 82.4 Å². The van der Waals surface area contributed by atoms with E-state index < -0.39 is 0 Å². The van der Waals surface area contributed by atoms with Crippen LogP contribution in [0.2, 0.25) is 0 Å². The number of benzene rings is 1. The van der Waals surface area contributed by atoms with Crippen LogP contribution in [0.5, 0.6) is 0 Å². The third-order valence-corrected chi connectivity index (χ3v) is 4.25. The summed E-state index contributed by atoms with van der Waals surface area (Å²) in [5.41, 5.74) is 2.98. The molecular weight excluding hydrogens is 178 g/mol. The molecule has 0 radical (unpaired) electrons. The predicted octanol–water partition coefficient (Wildman–Crippen LogP) is 2.29. The summed E-state index contributed by atoms with van der Waals surface area (Å²) in [6, 6.07) is 8.73. The molecule has 1 atom stereocenters. The Morgan fingerprint density at radius 3 is 2.77 bits per heavy atom. The molecule has 1 unspecified atom stereocenters. The van der Waals surface area contributed by atoms with Crippen LogP contribution in [-0.2, 0) is 13.0 Å². The van der Waals surface area contributed by atoms with Gasteiger partial charge in [0, 0.05) is 12.3 Å². The summed E-state index contributed by atoms with van der Waals surface area (Å²) in [5, 5.41) is 0. The Morgan fingerprint density at radius 1 is 1.31 bits per heavy atom. The van der Waals surface area contributed by atoms with E-state index in [9.17, 15) is 0 Å². The van der Waals surface area contributed by atoms with Gasteiger partial charge in [-0.25, -0.2) is 0 Å². The largest absolute Gasteiger partial charge is 0.255 e. The van der Waals surface area contributed by atoms with Crippen LogP contribution in [0.3, 0.4) is 0 Å². The lowest BCUT2D eigenvalue weighted by Crippen LogP contribution is -2.09. The fourth-order valence-electron chi connectivity index (χ4n) is 1.67. The highest BCUT2D eigenvalue weighted by molar-refractivity contribution is 8.12. The van der Waals surface area contributed by atoms with Crippen LogP contribution >= 0.6 is 10.7 Å². The van der Waals surface area contributed by atoms with Crippen molar-refractivity contribution in [3.63, 3.8) is 0 Å². The van der Waals surface area contributed by atoms with E-state index >= 15 is 0 Å². The monoisotopic (exact) mass is 193 g/mol. The maximum Gasteiger partial charge on any atom is 0.0335 e. The summed E-state index contributed by atoms with van der Waals surface area (Å²) in [4.78, 5) is 0. The van der Waals surface area contributed by atoms with Gasteiger partial charge in [0.25, 0.3) is 0 Å². The van der Waals surface area contributed by atoms with E-state index in [4.69, 9.17) is 0 Å². The topological polar surface area (TPSA) is 3.24 Å². The minimum atomic E-state index is 0.205. The second-order valence-corrected chi connectivity index (χ2v) is 5.43. The van der Waals surface area contributed by atoms with E-state index in [-0.39, 0.29) is 10.7 Å². The van der Waals surface area contributed by atoms with Crippen molar-refractivity contribution in [1.29, 1.82) is 0 Å². The van der Waals surface area contributed by atoms with E-state index in [2.05, 4.69) is 41.5 Å². The van der Waals surface area contributed by atoms with Gasteiger partial charge in [-0.05, 0) is 24.6 Å². The quantitative estimate of drug-likeness (QED) is 0.571. The first-order valence-corrected chi connectivity index (χ1v) is 6.08. The molecule has 1 aromatic rings. The lowest BCUT2D eigenvalue weighted by Gasteiger charge is -2.16. The standard InChI is InChI=1S/C11H15NS/c1-12-9-11-6-4-3-5-10(11)7-8-13(12)2/h3-6H,2,7-9H2,1H3. The van der Waals surface area contributed by atoms with Crippen molar-refractivity contribution >= 4 is 16.5 Å². The molecule has 70 valence electrons. The minimum absolute atomic E-state index is 0.205. The number of rotatable bonds is 0. The summed E-state index contributed by atoms with van der Waals surface area (Å²) < 4.78 is 2.35. The highest BCUT2D eigenvalue weighted by Crippen LogP contribution is 2.26. The maximum atomic E-state index is 4.18. The van der Waals surface area contributed by atoms with Crippen LogP contribution in [0.15, 0.2) is 24.3 Å². The Balaban J connectivity index is 2.35. The van der Waals surface area contributed by atoms with Crippen LogP contribution in [0.4, 0.5) is 0 Å². The first kappa shape index (κ1) is 8.97. The van der Waals surface area contributed by atoms with E-state index in [1.165, 1.54) is 23.3 Å². The number of hydrogen-bond donors (Lipinski definition) is 0. The molecule has 1 aromatic carbocycles. The Hall–Kier alpha value is -0.600. The zero-order valence-electron chi connectivity index (χ0n) is 7.99. The van der Waals surface area contributed by atoms with Crippen LogP contribution < -0.4 is 0 Å². The molecule has 0 saturated carbocycles.